The molecule has 0 aliphatic rings. The lowest BCUT2D eigenvalue weighted by Gasteiger charge is -2.27. The molecule has 0 saturated carbocycles. The standard InChI is InChI=1S/C18H30N2O/c1-14(2)20-17(21)11-12-19-16(13-18(3,4)5)15-9-7-6-8-10-15/h6-10,14,16,19H,11-13H2,1-5H3,(H,20,21). The van der Waals surface area contributed by atoms with Gasteiger partial charge in [0.05, 0.1) is 0 Å². The fourth-order valence-electron chi connectivity index (χ4n) is 2.36. The van der Waals surface area contributed by atoms with E-state index in [0.717, 1.165) is 6.42 Å². The topological polar surface area (TPSA) is 41.1 Å². The van der Waals surface area contributed by atoms with Gasteiger partial charge < -0.3 is 10.6 Å². The Labute approximate surface area is 129 Å². The van der Waals surface area contributed by atoms with Gasteiger partial charge in [-0.25, -0.2) is 0 Å². The van der Waals surface area contributed by atoms with Crippen molar-refractivity contribution in [1.29, 1.82) is 0 Å². The molecule has 1 aromatic carbocycles. The van der Waals surface area contributed by atoms with E-state index in [9.17, 15) is 4.79 Å². The first-order valence-electron chi connectivity index (χ1n) is 7.85. The Hall–Kier alpha value is -1.35. The molecule has 3 nitrogen and oxygen atoms in total. The quantitative estimate of drug-likeness (QED) is 0.804. The molecule has 21 heavy (non-hydrogen) atoms. The molecule has 0 aliphatic heterocycles. The second-order valence-corrected chi connectivity index (χ2v) is 7.15. The molecule has 1 unspecified atom stereocenters. The van der Waals surface area contributed by atoms with Gasteiger partial charge in [-0.15, -0.1) is 0 Å². The number of hydrogen-bond acceptors (Lipinski definition) is 2. The van der Waals surface area contributed by atoms with Gasteiger partial charge in [0.15, 0.2) is 0 Å². The summed E-state index contributed by atoms with van der Waals surface area (Å²) in [7, 11) is 0. The molecule has 0 heterocycles. The van der Waals surface area contributed by atoms with E-state index in [-0.39, 0.29) is 23.4 Å². The van der Waals surface area contributed by atoms with Crippen molar-refractivity contribution >= 4 is 5.91 Å². The van der Waals surface area contributed by atoms with Crippen LogP contribution in [-0.2, 0) is 4.79 Å². The minimum Gasteiger partial charge on any atom is -0.354 e. The highest BCUT2D eigenvalue weighted by Crippen LogP contribution is 2.29. The highest BCUT2D eigenvalue weighted by molar-refractivity contribution is 5.76. The van der Waals surface area contributed by atoms with Crippen LogP contribution < -0.4 is 10.6 Å². The third kappa shape index (κ3) is 7.86. The Bertz CT molecular complexity index is 421. The average Bonchev–Trinajstić information content (AvgIpc) is 2.36. The summed E-state index contributed by atoms with van der Waals surface area (Å²) >= 11 is 0. The van der Waals surface area contributed by atoms with Gasteiger partial charge in [-0.05, 0) is 31.2 Å². The van der Waals surface area contributed by atoms with Crippen LogP contribution in [0.5, 0.6) is 0 Å². The summed E-state index contributed by atoms with van der Waals surface area (Å²) in [5.41, 5.74) is 1.53. The zero-order valence-electron chi connectivity index (χ0n) is 14.1. The number of carbonyl (C=O) groups excluding carboxylic acids is 1. The van der Waals surface area contributed by atoms with Crippen LogP contribution >= 0.6 is 0 Å². The maximum atomic E-state index is 11.7. The molecule has 1 rings (SSSR count). The van der Waals surface area contributed by atoms with E-state index in [1.165, 1.54) is 5.56 Å². The minimum atomic E-state index is 0.111. The third-order valence-corrected chi connectivity index (χ3v) is 3.21. The van der Waals surface area contributed by atoms with Crippen molar-refractivity contribution in [1.82, 2.24) is 10.6 Å². The molecular formula is C18H30N2O. The smallest absolute Gasteiger partial charge is 0.221 e. The van der Waals surface area contributed by atoms with E-state index in [1.807, 2.05) is 19.9 Å². The maximum Gasteiger partial charge on any atom is 0.221 e. The Morgan fingerprint density at radius 3 is 2.29 bits per heavy atom. The third-order valence-electron chi connectivity index (χ3n) is 3.21. The van der Waals surface area contributed by atoms with Crippen LogP contribution in [-0.4, -0.2) is 18.5 Å². The van der Waals surface area contributed by atoms with Gasteiger partial charge in [-0.1, -0.05) is 51.1 Å². The van der Waals surface area contributed by atoms with Gasteiger partial charge in [0.25, 0.3) is 0 Å². The van der Waals surface area contributed by atoms with Gasteiger partial charge in [-0.2, -0.15) is 0 Å². The maximum absolute atomic E-state index is 11.7. The lowest BCUT2D eigenvalue weighted by atomic mass is 9.85. The first-order valence-corrected chi connectivity index (χ1v) is 7.85. The SMILES string of the molecule is CC(C)NC(=O)CCNC(CC(C)(C)C)c1ccccc1. The van der Waals surface area contributed by atoms with Gasteiger partial charge in [-0.3, -0.25) is 4.79 Å². The zero-order valence-corrected chi connectivity index (χ0v) is 14.1. The van der Waals surface area contributed by atoms with Gasteiger partial charge in [0, 0.05) is 25.0 Å². The van der Waals surface area contributed by atoms with Crippen molar-refractivity contribution < 1.29 is 4.79 Å². The molecule has 0 aromatic heterocycles. The molecule has 0 bridgehead atoms. The number of carbonyl (C=O) groups is 1. The summed E-state index contributed by atoms with van der Waals surface area (Å²) < 4.78 is 0. The van der Waals surface area contributed by atoms with Crippen LogP contribution in [0.2, 0.25) is 0 Å². The molecule has 118 valence electrons. The van der Waals surface area contributed by atoms with Crippen LogP contribution in [0, 0.1) is 5.41 Å². The lowest BCUT2D eigenvalue weighted by molar-refractivity contribution is -0.121. The average molecular weight is 290 g/mol. The van der Waals surface area contributed by atoms with Crippen LogP contribution in [0.3, 0.4) is 0 Å². The molecular weight excluding hydrogens is 260 g/mol. The molecule has 1 aromatic rings. The zero-order chi connectivity index (χ0) is 15.9. The number of amides is 1. The molecule has 0 saturated heterocycles. The van der Waals surface area contributed by atoms with Crippen molar-refractivity contribution in [3.63, 3.8) is 0 Å². The van der Waals surface area contributed by atoms with Crippen LogP contribution in [0.1, 0.15) is 59.1 Å². The second-order valence-electron chi connectivity index (χ2n) is 7.15. The Morgan fingerprint density at radius 1 is 1.14 bits per heavy atom. The molecule has 0 radical (unpaired) electrons. The molecule has 0 spiro atoms. The summed E-state index contributed by atoms with van der Waals surface area (Å²) in [5.74, 6) is 0.111. The van der Waals surface area contributed by atoms with Crippen molar-refractivity contribution in [3.05, 3.63) is 35.9 Å². The van der Waals surface area contributed by atoms with Gasteiger partial charge in [0.1, 0.15) is 0 Å². The largest absolute Gasteiger partial charge is 0.354 e. The van der Waals surface area contributed by atoms with E-state index in [4.69, 9.17) is 0 Å². The fourth-order valence-corrected chi connectivity index (χ4v) is 2.36. The van der Waals surface area contributed by atoms with Gasteiger partial charge in [0.2, 0.25) is 5.91 Å². The van der Waals surface area contributed by atoms with Crippen molar-refractivity contribution in [2.45, 2.75) is 59.5 Å². The van der Waals surface area contributed by atoms with E-state index >= 15 is 0 Å². The van der Waals surface area contributed by atoms with Crippen LogP contribution in [0.4, 0.5) is 0 Å². The minimum absolute atomic E-state index is 0.111. The predicted octanol–water partition coefficient (Wildman–Crippen LogP) is 3.67. The normalized spacial score (nSPS) is 13.2. The van der Waals surface area contributed by atoms with E-state index in [1.54, 1.807) is 0 Å². The molecule has 0 fully saturated rings. The lowest BCUT2D eigenvalue weighted by Crippen LogP contribution is -2.34. The summed E-state index contributed by atoms with van der Waals surface area (Å²) in [6.07, 6.45) is 1.56. The molecule has 1 amide bonds. The monoisotopic (exact) mass is 290 g/mol. The molecule has 3 heteroatoms. The molecule has 2 N–H and O–H groups in total. The second kappa shape index (κ2) is 8.18. The van der Waals surface area contributed by atoms with Gasteiger partial charge >= 0.3 is 0 Å². The summed E-state index contributed by atoms with van der Waals surface area (Å²) in [5, 5.41) is 6.46. The first kappa shape index (κ1) is 17.7. The number of rotatable bonds is 7. The van der Waals surface area contributed by atoms with Crippen molar-refractivity contribution in [2.75, 3.05) is 6.54 Å². The van der Waals surface area contributed by atoms with Crippen molar-refractivity contribution in [2.24, 2.45) is 5.41 Å². The summed E-state index contributed by atoms with van der Waals surface area (Å²) in [4.78, 5) is 11.7. The van der Waals surface area contributed by atoms with E-state index < -0.39 is 0 Å². The Balaban J connectivity index is 2.56. The van der Waals surface area contributed by atoms with E-state index in [2.05, 4.69) is 55.7 Å². The highest BCUT2D eigenvalue weighted by atomic mass is 16.1. The fraction of sp³-hybridized carbons (Fsp3) is 0.611. The number of benzene rings is 1. The first-order chi connectivity index (χ1) is 9.78. The molecule has 1 atom stereocenters. The number of hydrogen-bond donors (Lipinski definition) is 2. The summed E-state index contributed by atoms with van der Waals surface area (Å²) in [6, 6.07) is 11.0. The highest BCUT2D eigenvalue weighted by Gasteiger charge is 2.19. The Kier molecular flexibility index (Phi) is 6.90. The Morgan fingerprint density at radius 2 is 1.76 bits per heavy atom. The molecule has 0 aliphatic carbocycles. The van der Waals surface area contributed by atoms with Crippen LogP contribution in [0.15, 0.2) is 30.3 Å². The predicted molar refractivity (Wildman–Crippen MR) is 89.2 cm³/mol. The van der Waals surface area contributed by atoms with E-state index in [0.29, 0.717) is 13.0 Å². The number of nitrogens with one attached hydrogen (secondary N) is 2. The van der Waals surface area contributed by atoms with Crippen LogP contribution in [0.25, 0.3) is 0 Å². The summed E-state index contributed by atoms with van der Waals surface area (Å²) in [6.45, 7) is 11.4. The van der Waals surface area contributed by atoms with Crippen molar-refractivity contribution in [3.8, 4) is 0 Å².